The highest BCUT2D eigenvalue weighted by atomic mass is 19.2. The Morgan fingerprint density at radius 3 is 2.59 bits per heavy atom. The van der Waals surface area contributed by atoms with Gasteiger partial charge < -0.3 is 10.6 Å². The van der Waals surface area contributed by atoms with Crippen molar-refractivity contribution in [2.75, 3.05) is 13.6 Å². The topological polar surface area (TPSA) is 29.3 Å². The Bertz CT molecular complexity index is 507. The molecule has 1 aliphatic rings. The fourth-order valence-electron chi connectivity index (χ4n) is 3.40. The fourth-order valence-corrected chi connectivity index (χ4v) is 3.40. The number of halogens is 3. The summed E-state index contributed by atoms with van der Waals surface area (Å²) in [6, 6.07) is 1.81. The molecule has 1 saturated heterocycles. The molecule has 2 nitrogen and oxygen atoms in total. The molecule has 2 rings (SSSR count). The van der Waals surface area contributed by atoms with Crippen LogP contribution in [0.1, 0.15) is 38.2 Å². The standard InChI is InChI=1S/C17H25F3N2/c1-3-4-13-7-11(5-6-22(13)2)17(21)9-12-8-15(19)16(20)10-14(12)18/h8,10-11,13,17H,3-7,9,21H2,1-2H3. The highest BCUT2D eigenvalue weighted by Crippen LogP contribution is 2.28. The number of hydrogen-bond donors (Lipinski definition) is 1. The maximum Gasteiger partial charge on any atom is 0.161 e. The maximum absolute atomic E-state index is 13.7. The molecule has 3 unspecified atom stereocenters. The summed E-state index contributed by atoms with van der Waals surface area (Å²) in [6.07, 6.45) is 4.43. The van der Waals surface area contributed by atoms with Gasteiger partial charge in [-0.2, -0.15) is 0 Å². The van der Waals surface area contributed by atoms with Crippen LogP contribution in [0.25, 0.3) is 0 Å². The Labute approximate surface area is 130 Å². The molecular formula is C17H25F3N2. The largest absolute Gasteiger partial charge is 0.327 e. The van der Waals surface area contributed by atoms with Crippen molar-refractivity contribution in [3.63, 3.8) is 0 Å². The van der Waals surface area contributed by atoms with Crippen LogP contribution in [-0.2, 0) is 6.42 Å². The number of likely N-dealkylation sites (tertiary alicyclic amines) is 1. The van der Waals surface area contributed by atoms with Gasteiger partial charge in [0.15, 0.2) is 11.6 Å². The van der Waals surface area contributed by atoms with Crippen LogP contribution in [0.2, 0.25) is 0 Å². The van der Waals surface area contributed by atoms with Crippen molar-refractivity contribution >= 4 is 0 Å². The molecule has 0 saturated carbocycles. The first-order chi connectivity index (χ1) is 10.4. The summed E-state index contributed by atoms with van der Waals surface area (Å²) >= 11 is 0. The number of nitrogens with zero attached hydrogens (tertiary/aromatic N) is 1. The summed E-state index contributed by atoms with van der Waals surface area (Å²) in [7, 11) is 2.12. The van der Waals surface area contributed by atoms with Crippen LogP contribution in [0.5, 0.6) is 0 Å². The van der Waals surface area contributed by atoms with Crippen LogP contribution < -0.4 is 5.73 Å². The summed E-state index contributed by atoms with van der Waals surface area (Å²) in [5.74, 6) is -2.60. The minimum absolute atomic E-state index is 0.164. The van der Waals surface area contributed by atoms with Crippen LogP contribution in [0.4, 0.5) is 13.2 Å². The van der Waals surface area contributed by atoms with E-state index in [0.717, 1.165) is 38.3 Å². The Kier molecular flexibility index (Phi) is 5.87. The van der Waals surface area contributed by atoms with Gasteiger partial charge in [-0.25, -0.2) is 13.2 Å². The molecule has 0 aromatic heterocycles. The third-order valence-electron chi connectivity index (χ3n) is 4.82. The predicted molar refractivity (Wildman–Crippen MR) is 82.0 cm³/mol. The third-order valence-corrected chi connectivity index (χ3v) is 4.82. The van der Waals surface area contributed by atoms with Gasteiger partial charge in [-0.3, -0.25) is 0 Å². The molecule has 1 aromatic rings. The molecule has 1 aromatic carbocycles. The van der Waals surface area contributed by atoms with Crippen molar-refractivity contribution in [2.45, 2.75) is 51.1 Å². The fraction of sp³-hybridized carbons (Fsp3) is 0.647. The minimum Gasteiger partial charge on any atom is -0.327 e. The van der Waals surface area contributed by atoms with E-state index in [1.807, 2.05) is 0 Å². The second kappa shape index (κ2) is 7.47. The molecule has 5 heteroatoms. The molecule has 3 atom stereocenters. The van der Waals surface area contributed by atoms with E-state index in [9.17, 15) is 13.2 Å². The van der Waals surface area contributed by atoms with Gasteiger partial charge in [-0.05, 0) is 56.8 Å². The van der Waals surface area contributed by atoms with Gasteiger partial charge in [-0.15, -0.1) is 0 Å². The highest BCUT2D eigenvalue weighted by Gasteiger charge is 2.29. The van der Waals surface area contributed by atoms with Crippen molar-refractivity contribution in [3.8, 4) is 0 Å². The van der Waals surface area contributed by atoms with E-state index in [2.05, 4.69) is 18.9 Å². The number of nitrogens with two attached hydrogens (primary N) is 1. The smallest absolute Gasteiger partial charge is 0.161 e. The molecular weight excluding hydrogens is 289 g/mol. The molecule has 1 aliphatic heterocycles. The van der Waals surface area contributed by atoms with Crippen molar-refractivity contribution in [3.05, 3.63) is 35.1 Å². The average molecular weight is 314 g/mol. The number of piperidine rings is 1. The van der Waals surface area contributed by atoms with Gasteiger partial charge in [0.05, 0.1) is 0 Å². The Morgan fingerprint density at radius 2 is 1.91 bits per heavy atom. The summed E-state index contributed by atoms with van der Waals surface area (Å²) < 4.78 is 40.0. The molecule has 0 radical (unpaired) electrons. The highest BCUT2D eigenvalue weighted by molar-refractivity contribution is 5.21. The second-order valence-corrected chi connectivity index (χ2v) is 6.43. The molecule has 22 heavy (non-hydrogen) atoms. The first kappa shape index (κ1) is 17.3. The quantitative estimate of drug-likeness (QED) is 0.843. The van der Waals surface area contributed by atoms with E-state index in [1.54, 1.807) is 0 Å². The summed E-state index contributed by atoms with van der Waals surface area (Å²) in [4.78, 5) is 2.35. The van der Waals surface area contributed by atoms with Crippen molar-refractivity contribution in [1.29, 1.82) is 0 Å². The third kappa shape index (κ3) is 4.02. The van der Waals surface area contributed by atoms with Crippen molar-refractivity contribution < 1.29 is 13.2 Å². The Hall–Kier alpha value is -1.07. The Morgan fingerprint density at radius 1 is 1.23 bits per heavy atom. The molecule has 124 valence electrons. The number of hydrogen-bond acceptors (Lipinski definition) is 2. The second-order valence-electron chi connectivity index (χ2n) is 6.43. The lowest BCUT2D eigenvalue weighted by Crippen LogP contribution is -2.45. The molecule has 1 fully saturated rings. The van der Waals surface area contributed by atoms with Crippen molar-refractivity contribution in [1.82, 2.24) is 4.90 Å². The zero-order valence-corrected chi connectivity index (χ0v) is 13.3. The molecule has 2 N–H and O–H groups in total. The van der Waals surface area contributed by atoms with Gasteiger partial charge in [0.1, 0.15) is 5.82 Å². The molecule has 0 amide bonds. The van der Waals surface area contributed by atoms with Crippen LogP contribution >= 0.6 is 0 Å². The minimum atomic E-state index is -1.16. The van der Waals surface area contributed by atoms with Gasteiger partial charge >= 0.3 is 0 Å². The summed E-state index contributed by atoms with van der Waals surface area (Å²) in [6.45, 7) is 3.14. The SMILES string of the molecule is CCCC1CC(C(N)Cc2cc(F)c(F)cc2F)CCN1C. The van der Waals surface area contributed by atoms with E-state index in [-0.39, 0.29) is 18.0 Å². The molecule has 0 aliphatic carbocycles. The average Bonchev–Trinajstić information content (AvgIpc) is 2.47. The molecule has 0 spiro atoms. The monoisotopic (exact) mass is 314 g/mol. The maximum atomic E-state index is 13.7. The van der Waals surface area contributed by atoms with Crippen LogP contribution in [0, 0.1) is 23.4 Å². The Balaban J connectivity index is 2.03. The lowest BCUT2D eigenvalue weighted by molar-refractivity contribution is 0.120. The van der Waals surface area contributed by atoms with Crippen LogP contribution in [0.3, 0.4) is 0 Å². The summed E-state index contributed by atoms with van der Waals surface area (Å²) in [5, 5.41) is 0. The molecule has 1 heterocycles. The number of rotatable bonds is 5. The van der Waals surface area contributed by atoms with E-state index in [1.165, 1.54) is 0 Å². The first-order valence-electron chi connectivity index (χ1n) is 8.01. The normalized spacial score (nSPS) is 24.5. The number of benzene rings is 1. The van der Waals surface area contributed by atoms with Gasteiger partial charge in [-0.1, -0.05) is 13.3 Å². The van der Waals surface area contributed by atoms with Gasteiger partial charge in [0.25, 0.3) is 0 Å². The zero-order valence-electron chi connectivity index (χ0n) is 13.3. The molecule has 0 bridgehead atoms. The predicted octanol–water partition coefficient (Wildman–Crippen LogP) is 3.48. The van der Waals surface area contributed by atoms with Crippen molar-refractivity contribution in [2.24, 2.45) is 11.7 Å². The van der Waals surface area contributed by atoms with E-state index >= 15 is 0 Å². The van der Waals surface area contributed by atoms with E-state index in [4.69, 9.17) is 5.73 Å². The lowest BCUT2D eigenvalue weighted by atomic mass is 9.82. The van der Waals surface area contributed by atoms with Gasteiger partial charge in [0.2, 0.25) is 0 Å². The zero-order chi connectivity index (χ0) is 16.3. The first-order valence-corrected chi connectivity index (χ1v) is 8.01. The van der Waals surface area contributed by atoms with E-state index < -0.39 is 17.5 Å². The van der Waals surface area contributed by atoms with Gasteiger partial charge in [0, 0.05) is 18.2 Å². The van der Waals surface area contributed by atoms with Crippen LogP contribution in [-0.4, -0.2) is 30.6 Å². The summed E-state index contributed by atoms with van der Waals surface area (Å²) in [5.41, 5.74) is 6.40. The van der Waals surface area contributed by atoms with E-state index in [0.29, 0.717) is 18.0 Å². The lowest BCUT2D eigenvalue weighted by Gasteiger charge is -2.39. The van der Waals surface area contributed by atoms with Crippen LogP contribution in [0.15, 0.2) is 12.1 Å².